The lowest BCUT2D eigenvalue weighted by Crippen LogP contribution is -2.66. The van der Waals surface area contributed by atoms with Crippen molar-refractivity contribution >= 4 is 18.3 Å². The number of aliphatic hydroxyl groups is 1. The van der Waals surface area contributed by atoms with E-state index >= 15 is 0 Å². The van der Waals surface area contributed by atoms with Crippen molar-refractivity contribution in [2.75, 3.05) is 13.2 Å². The minimum absolute atomic E-state index is 0. The summed E-state index contributed by atoms with van der Waals surface area (Å²) in [4.78, 5) is 12.4. The SMILES string of the molecule is CCOC1CC(NC(=O)C2CC(O)CN2)C12CCCCC2.Cl. The van der Waals surface area contributed by atoms with Gasteiger partial charge in [-0.2, -0.15) is 0 Å². The number of nitrogens with one attached hydrogen (secondary N) is 2. The molecule has 5 nitrogen and oxygen atoms in total. The number of carbonyl (C=O) groups excluding carboxylic acids is 1. The van der Waals surface area contributed by atoms with Crippen LogP contribution in [0.1, 0.15) is 51.9 Å². The Morgan fingerprint density at radius 2 is 2.05 bits per heavy atom. The number of ether oxygens (including phenoxy) is 1. The normalized spacial score (nSPS) is 36.5. The van der Waals surface area contributed by atoms with Crippen molar-refractivity contribution in [2.45, 2.75) is 76.2 Å². The summed E-state index contributed by atoms with van der Waals surface area (Å²) in [6.07, 6.45) is 7.53. The molecule has 1 heterocycles. The zero-order valence-corrected chi connectivity index (χ0v) is 14.2. The molecule has 3 aliphatic rings. The van der Waals surface area contributed by atoms with E-state index in [1.54, 1.807) is 0 Å². The van der Waals surface area contributed by atoms with E-state index in [4.69, 9.17) is 4.74 Å². The van der Waals surface area contributed by atoms with Crippen LogP contribution >= 0.6 is 12.4 Å². The van der Waals surface area contributed by atoms with Gasteiger partial charge in [0.1, 0.15) is 0 Å². The fraction of sp³-hybridized carbons (Fsp3) is 0.938. The van der Waals surface area contributed by atoms with Crippen LogP contribution in [0.3, 0.4) is 0 Å². The summed E-state index contributed by atoms with van der Waals surface area (Å²) < 4.78 is 5.92. The third-order valence-electron chi connectivity index (χ3n) is 5.68. The van der Waals surface area contributed by atoms with E-state index in [0.29, 0.717) is 19.1 Å². The van der Waals surface area contributed by atoms with E-state index in [1.165, 1.54) is 32.1 Å². The molecule has 4 unspecified atom stereocenters. The first-order valence-corrected chi connectivity index (χ1v) is 8.49. The van der Waals surface area contributed by atoms with Crippen molar-refractivity contribution in [2.24, 2.45) is 5.41 Å². The van der Waals surface area contributed by atoms with Gasteiger partial charge in [-0.25, -0.2) is 0 Å². The van der Waals surface area contributed by atoms with Gasteiger partial charge in [0.05, 0.1) is 18.2 Å². The van der Waals surface area contributed by atoms with Gasteiger partial charge in [0.25, 0.3) is 0 Å². The second-order valence-electron chi connectivity index (χ2n) is 6.89. The third kappa shape index (κ3) is 3.28. The van der Waals surface area contributed by atoms with Gasteiger partial charge in [0.2, 0.25) is 5.91 Å². The summed E-state index contributed by atoms with van der Waals surface area (Å²) in [6, 6.07) is 0.0215. The molecule has 0 aromatic heterocycles. The number of rotatable bonds is 4. The van der Waals surface area contributed by atoms with Crippen LogP contribution in [-0.2, 0) is 9.53 Å². The molecule has 3 N–H and O–H groups in total. The first kappa shape index (κ1) is 18.0. The second kappa shape index (κ2) is 7.47. The Morgan fingerprint density at radius 1 is 1.32 bits per heavy atom. The predicted octanol–water partition coefficient (Wildman–Crippen LogP) is 1.38. The molecule has 2 aliphatic carbocycles. The van der Waals surface area contributed by atoms with Gasteiger partial charge < -0.3 is 20.5 Å². The smallest absolute Gasteiger partial charge is 0.237 e. The highest BCUT2D eigenvalue weighted by atomic mass is 35.5. The molecule has 1 aliphatic heterocycles. The highest BCUT2D eigenvalue weighted by molar-refractivity contribution is 5.85. The van der Waals surface area contributed by atoms with E-state index < -0.39 is 0 Å². The van der Waals surface area contributed by atoms with Crippen LogP contribution in [0.25, 0.3) is 0 Å². The van der Waals surface area contributed by atoms with Crippen LogP contribution in [0.5, 0.6) is 0 Å². The second-order valence-corrected chi connectivity index (χ2v) is 6.89. The zero-order chi connectivity index (χ0) is 14.9. The molecule has 128 valence electrons. The summed E-state index contributed by atoms with van der Waals surface area (Å²) in [6.45, 7) is 3.32. The molecule has 6 heteroatoms. The first-order chi connectivity index (χ1) is 10.2. The lowest BCUT2D eigenvalue weighted by molar-refractivity contribution is -0.157. The molecule has 0 bridgehead atoms. The molecule has 1 spiro atoms. The van der Waals surface area contributed by atoms with E-state index in [9.17, 15) is 9.90 Å². The number of aliphatic hydroxyl groups excluding tert-OH is 1. The van der Waals surface area contributed by atoms with E-state index in [0.717, 1.165) is 13.0 Å². The molecule has 0 aromatic rings. The Kier molecular flexibility index (Phi) is 6.11. The highest BCUT2D eigenvalue weighted by Crippen LogP contribution is 2.53. The summed E-state index contributed by atoms with van der Waals surface area (Å²) in [5.74, 6) is 0.0523. The zero-order valence-electron chi connectivity index (χ0n) is 13.3. The molecule has 4 atom stereocenters. The van der Waals surface area contributed by atoms with E-state index in [1.807, 2.05) is 6.92 Å². The highest BCUT2D eigenvalue weighted by Gasteiger charge is 2.56. The monoisotopic (exact) mass is 332 g/mol. The number of amides is 1. The maximum atomic E-state index is 12.4. The molecule has 0 radical (unpaired) electrons. The minimum Gasteiger partial charge on any atom is -0.392 e. The standard InChI is InChI=1S/C16H28N2O3.ClH/c1-2-21-14-9-13(16(14)6-4-3-5-7-16)18-15(20)12-8-11(19)10-17-12;/h11-14,17,19H,2-10H2,1H3,(H,18,20);1H. The van der Waals surface area contributed by atoms with E-state index in [-0.39, 0.29) is 41.9 Å². The number of hydrogen-bond acceptors (Lipinski definition) is 4. The molecular weight excluding hydrogens is 304 g/mol. The van der Waals surface area contributed by atoms with Crippen LogP contribution in [-0.4, -0.2) is 48.5 Å². The summed E-state index contributed by atoms with van der Waals surface area (Å²) in [7, 11) is 0. The first-order valence-electron chi connectivity index (χ1n) is 8.49. The number of halogens is 1. The summed E-state index contributed by atoms with van der Waals surface area (Å²) in [5.41, 5.74) is 0.168. The van der Waals surface area contributed by atoms with Gasteiger partial charge in [0, 0.05) is 24.6 Å². The molecule has 3 rings (SSSR count). The number of β-amino-alcohol motifs (C(OH)–C–C–N with tert-alkyl or cyclic N) is 1. The number of hydrogen-bond donors (Lipinski definition) is 3. The molecule has 0 aromatic carbocycles. The molecule has 1 amide bonds. The number of carbonyl (C=O) groups is 1. The van der Waals surface area contributed by atoms with Crippen molar-refractivity contribution < 1.29 is 14.6 Å². The Labute approximate surface area is 139 Å². The van der Waals surface area contributed by atoms with Crippen LogP contribution in [0.4, 0.5) is 0 Å². The predicted molar refractivity (Wildman–Crippen MR) is 87.1 cm³/mol. The summed E-state index contributed by atoms with van der Waals surface area (Å²) >= 11 is 0. The minimum atomic E-state index is -0.387. The van der Waals surface area contributed by atoms with Gasteiger partial charge in [-0.05, 0) is 32.6 Å². The summed E-state index contributed by atoms with van der Waals surface area (Å²) in [5, 5.41) is 15.9. The molecule has 2 saturated carbocycles. The fourth-order valence-electron chi connectivity index (χ4n) is 4.45. The maximum absolute atomic E-state index is 12.4. The van der Waals surface area contributed by atoms with E-state index in [2.05, 4.69) is 10.6 Å². The van der Waals surface area contributed by atoms with Crippen molar-refractivity contribution in [3.8, 4) is 0 Å². The van der Waals surface area contributed by atoms with Crippen LogP contribution in [0, 0.1) is 5.41 Å². The van der Waals surface area contributed by atoms with Crippen LogP contribution in [0.15, 0.2) is 0 Å². The van der Waals surface area contributed by atoms with Crippen LogP contribution in [0.2, 0.25) is 0 Å². The Balaban J connectivity index is 0.00000176. The molecule has 1 saturated heterocycles. The Bertz CT molecular complexity index is 388. The third-order valence-corrected chi connectivity index (χ3v) is 5.68. The van der Waals surface area contributed by atoms with Gasteiger partial charge in [0.15, 0.2) is 0 Å². The Hall–Kier alpha value is -0.360. The fourth-order valence-corrected chi connectivity index (χ4v) is 4.45. The maximum Gasteiger partial charge on any atom is 0.237 e. The van der Waals surface area contributed by atoms with Gasteiger partial charge in [-0.15, -0.1) is 12.4 Å². The lowest BCUT2D eigenvalue weighted by Gasteiger charge is -2.57. The molecular formula is C16H29ClN2O3. The van der Waals surface area contributed by atoms with Crippen molar-refractivity contribution in [3.05, 3.63) is 0 Å². The van der Waals surface area contributed by atoms with Crippen LogP contribution < -0.4 is 10.6 Å². The Morgan fingerprint density at radius 3 is 2.64 bits per heavy atom. The largest absolute Gasteiger partial charge is 0.392 e. The van der Waals surface area contributed by atoms with Gasteiger partial charge in [-0.1, -0.05) is 19.3 Å². The van der Waals surface area contributed by atoms with Gasteiger partial charge >= 0.3 is 0 Å². The quantitative estimate of drug-likeness (QED) is 0.727. The average Bonchev–Trinajstić information content (AvgIpc) is 2.93. The van der Waals surface area contributed by atoms with Gasteiger partial charge in [-0.3, -0.25) is 4.79 Å². The molecule has 22 heavy (non-hydrogen) atoms. The average molecular weight is 333 g/mol. The lowest BCUT2D eigenvalue weighted by atomic mass is 9.55. The topological polar surface area (TPSA) is 70.6 Å². The van der Waals surface area contributed by atoms with Crippen molar-refractivity contribution in [3.63, 3.8) is 0 Å². The molecule has 3 fully saturated rings. The van der Waals surface area contributed by atoms with Crippen molar-refractivity contribution in [1.82, 2.24) is 10.6 Å². The van der Waals surface area contributed by atoms with Crippen molar-refractivity contribution in [1.29, 1.82) is 0 Å².